The van der Waals surface area contributed by atoms with Gasteiger partial charge in [-0.05, 0) is 25.8 Å². The van der Waals surface area contributed by atoms with Crippen molar-refractivity contribution >= 4 is 10.8 Å². The van der Waals surface area contributed by atoms with Crippen LogP contribution in [0.15, 0.2) is 0 Å². The number of nitrogens with one attached hydrogen (secondary N) is 2. The van der Waals surface area contributed by atoms with Gasteiger partial charge < -0.3 is 10.6 Å². The zero-order valence-corrected chi connectivity index (χ0v) is 8.74. The maximum atomic E-state index is 11.1. The van der Waals surface area contributed by atoms with Crippen molar-refractivity contribution in [3.8, 4) is 0 Å². The Hall–Kier alpha value is 0.0700. The average Bonchev–Trinajstić information content (AvgIpc) is 2.62. The van der Waals surface area contributed by atoms with Crippen LogP contribution in [-0.4, -0.2) is 40.9 Å². The van der Waals surface area contributed by atoms with E-state index in [9.17, 15) is 4.21 Å². The van der Waals surface area contributed by atoms with Gasteiger partial charge in [0.25, 0.3) is 0 Å². The summed E-state index contributed by atoms with van der Waals surface area (Å²) in [6.07, 6.45) is 3.45. The van der Waals surface area contributed by atoms with Gasteiger partial charge in [-0.15, -0.1) is 0 Å². The molecular formula is C9H18N2OS. The van der Waals surface area contributed by atoms with Crippen LogP contribution in [0, 0.1) is 0 Å². The molecular weight excluding hydrogens is 184 g/mol. The SMILES string of the molecule is O=S1CCC(NC2CCNC2)CC1. The highest BCUT2D eigenvalue weighted by molar-refractivity contribution is 7.85. The van der Waals surface area contributed by atoms with Crippen molar-refractivity contribution in [1.29, 1.82) is 0 Å². The molecule has 1 atom stereocenters. The highest BCUT2D eigenvalue weighted by Gasteiger charge is 2.22. The second-order valence-corrected chi connectivity index (χ2v) is 5.67. The van der Waals surface area contributed by atoms with Gasteiger partial charge in [-0.2, -0.15) is 0 Å². The molecule has 3 nitrogen and oxygen atoms in total. The quantitative estimate of drug-likeness (QED) is 0.654. The Kier molecular flexibility index (Phi) is 3.35. The monoisotopic (exact) mass is 202 g/mol. The van der Waals surface area contributed by atoms with Crippen molar-refractivity contribution in [2.45, 2.75) is 31.3 Å². The Labute approximate surface area is 82.1 Å². The average molecular weight is 202 g/mol. The summed E-state index contributed by atoms with van der Waals surface area (Å²) in [5.74, 6) is 1.80. The maximum Gasteiger partial charge on any atom is 0.0249 e. The van der Waals surface area contributed by atoms with Crippen molar-refractivity contribution in [2.24, 2.45) is 0 Å². The molecule has 0 bridgehead atoms. The lowest BCUT2D eigenvalue weighted by Crippen LogP contribution is -2.43. The van der Waals surface area contributed by atoms with Gasteiger partial charge in [0.1, 0.15) is 0 Å². The van der Waals surface area contributed by atoms with E-state index in [0.717, 1.165) is 37.4 Å². The van der Waals surface area contributed by atoms with E-state index in [1.807, 2.05) is 0 Å². The van der Waals surface area contributed by atoms with E-state index >= 15 is 0 Å². The molecule has 0 aromatic carbocycles. The first kappa shape index (κ1) is 9.62. The lowest BCUT2D eigenvalue weighted by molar-refractivity contribution is 0.418. The fraction of sp³-hybridized carbons (Fsp3) is 1.00. The molecule has 2 heterocycles. The Bertz CT molecular complexity index is 182. The molecule has 13 heavy (non-hydrogen) atoms. The standard InChI is InChI=1S/C9H18N2OS/c12-13-5-2-8(3-6-13)11-9-1-4-10-7-9/h8-11H,1-7H2. The van der Waals surface area contributed by atoms with Crippen molar-refractivity contribution in [1.82, 2.24) is 10.6 Å². The first-order chi connectivity index (χ1) is 6.34. The first-order valence-electron chi connectivity index (χ1n) is 5.16. The van der Waals surface area contributed by atoms with Crippen LogP contribution >= 0.6 is 0 Å². The van der Waals surface area contributed by atoms with E-state index in [-0.39, 0.29) is 0 Å². The van der Waals surface area contributed by atoms with Crippen molar-refractivity contribution in [2.75, 3.05) is 24.6 Å². The van der Waals surface area contributed by atoms with E-state index in [1.54, 1.807) is 0 Å². The Morgan fingerprint density at radius 2 is 1.92 bits per heavy atom. The second-order valence-electron chi connectivity index (χ2n) is 3.98. The van der Waals surface area contributed by atoms with E-state index in [2.05, 4.69) is 10.6 Å². The van der Waals surface area contributed by atoms with Crippen LogP contribution in [0.5, 0.6) is 0 Å². The molecule has 0 amide bonds. The maximum absolute atomic E-state index is 11.1. The summed E-state index contributed by atoms with van der Waals surface area (Å²) >= 11 is 0. The minimum atomic E-state index is -0.520. The molecule has 4 heteroatoms. The van der Waals surface area contributed by atoms with Crippen LogP contribution in [0.2, 0.25) is 0 Å². The summed E-state index contributed by atoms with van der Waals surface area (Å²) in [6.45, 7) is 2.26. The highest BCUT2D eigenvalue weighted by atomic mass is 32.2. The summed E-state index contributed by atoms with van der Waals surface area (Å²) in [6, 6.07) is 1.29. The van der Waals surface area contributed by atoms with Crippen LogP contribution in [0.1, 0.15) is 19.3 Å². The molecule has 2 N–H and O–H groups in total. The van der Waals surface area contributed by atoms with Crippen LogP contribution in [0.4, 0.5) is 0 Å². The molecule has 76 valence electrons. The second kappa shape index (κ2) is 4.53. The summed E-state index contributed by atoms with van der Waals surface area (Å²) in [7, 11) is -0.520. The van der Waals surface area contributed by atoms with Crippen LogP contribution in [0.25, 0.3) is 0 Å². The predicted octanol–water partition coefficient (Wildman–Crippen LogP) is -0.151. The lowest BCUT2D eigenvalue weighted by Gasteiger charge is -2.25. The van der Waals surface area contributed by atoms with Gasteiger partial charge in [-0.3, -0.25) is 4.21 Å². The molecule has 2 rings (SSSR count). The fourth-order valence-corrected chi connectivity index (χ4v) is 3.39. The molecule has 2 fully saturated rings. The molecule has 0 aliphatic carbocycles. The smallest absolute Gasteiger partial charge is 0.0249 e. The van der Waals surface area contributed by atoms with Gasteiger partial charge in [-0.1, -0.05) is 0 Å². The van der Waals surface area contributed by atoms with Gasteiger partial charge in [0.15, 0.2) is 0 Å². The summed E-state index contributed by atoms with van der Waals surface area (Å²) in [4.78, 5) is 0. The van der Waals surface area contributed by atoms with E-state index in [4.69, 9.17) is 0 Å². The Morgan fingerprint density at radius 3 is 2.54 bits per heavy atom. The van der Waals surface area contributed by atoms with Gasteiger partial charge in [0.05, 0.1) is 0 Å². The molecule has 2 saturated heterocycles. The third kappa shape index (κ3) is 2.76. The molecule has 2 aliphatic rings. The summed E-state index contributed by atoms with van der Waals surface area (Å²) < 4.78 is 11.1. The molecule has 0 radical (unpaired) electrons. The lowest BCUT2D eigenvalue weighted by atomic mass is 10.1. The Morgan fingerprint density at radius 1 is 1.15 bits per heavy atom. The molecule has 0 spiro atoms. The van der Waals surface area contributed by atoms with Crippen molar-refractivity contribution in [3.63, 3.8) is 0 Å². The van der Waals surface area contributed by atoms with Gasteiger partial charge >= 0.3 is 0 Å². The predicted molar refractivity (Wildman–Crippen MR) is 55.3 cm³/mol. The normalized spacial score (nSPS) is 40.8. The van der Waals surface area contributed by atoms with Crippen LogP contribution in [0.3, 0.4) is 0 Å². The van der Waals surface area contributed by atoms with Crippen LogP contribution in [-0.2, 0) is 10.8 Å². The zero-order valence-electron chi connectivity index (χ0n) is 7.92. The van der Waals surface area contributed by atoms with Gasteiger partial charge in [0, 0.05) is 40.9 Å². The van der Waals surface area contributed by atoms with E-state index in [1.165, 1.54) is 6.42 Å². The van der Waals surface area contributed by atoms with Gasteiger partial charge in [-0.25, -0.2) is 0 Å². The molecule has 2 aliphatic heterocycles. The van der Waals surface area contributed by atoms with Crippen molar-refractivity contribution < 1.29 is 4.21 Å². The highest BCUT2D eigenvalue weighted by Crippen LogP contribution is 2.11. The van der Waals surface area contributed by atoms with E-state index < -0.39 is 10.8 Å². The zero-order chi connectivity index (χ0) is 9.10. The largest absolute Gasteiger partial charge is 0.315 e. The topological polar surface area (TPSA) is 41.1 Å². The molecule has 1 unspecified atom stereocenters. The minimum absolute atomic E-state index is 0.520. The number of hydrogen-bond donors (Lipinski definition) is 2. The molecule has 0 aromatic heterocycles. The third-order valence-electron chi connectivity index (χ3n) is 2.92. The van der Waals surface area contributed by atoms with Gasteiger partial charge in [0.2, 0.25) is 0 Å². The number of rotatable bonds is 2. The van der Waals surface area contributed by atoms with Crippen molar-refractivity contribution in [3.05, 3.63) is 0 Å². The fourth-order valence-electron chi connectivity index (χ4n) is 2.09. The molecule has 0 aromatic rings. The summed E-state index contributed by atoms with van der Waals surface area (Å²) in [5, 5.41) is 6.99. The Balaban J connectivity index is 1.72. The first-order valence-corrected chi connectivity index (χ1v) is 6.65. The summed E-state index contributed by atoms with van der Waals surface area (Å²) in [5.41, 5.74) is 0. The third-order valence-corrected chi connectivity index (χ3v) is 4.30. The number of hydrogen-bond acceptors (Lipinski definition) is 3. The van der Waals surface area contributed by atoms with E-state index in [0.29, 0.717) is 12.1 Å². The van der Waals surface area contributed by atoms with Crippen LogP contribution < -0.4 is 10.6 Å². The molecule has 0 saturated carbocycles. The minimum Gasteiger partial charge on any atom is -0.315 e.